The van der Waals surface area contributed by atoms with Crippen LogP contribution in [0.1, 0.15) is 64.7 Å². The molecule has 26 heavy (non-hydrogen) atoms. The molecule has 0 bridgehead atoms. The Morgan fingerprint density at radius 2 is 2.12 bits per heavy atom. The maximum atomic E-state index is 12.3. The predicted molar refractivity (Wildman–Crippen MR) is 100 cm³/mol. The average Bonchev–Trinajstić information content (AvgIpc) is 2.91. The molecule has 1 saturated carbocycles. The fourth-order valence-electron chi connectivity index (χ4n) is 3.38. The number of aliphatic carboxylic acids is 1. The molecular formula is C21H31NO4. The van der Waals surface area contributed by atoms with Crippen molar-refractivity contribution in [2.75, 3.05) is 0 Å². The number of carbonyl (C=O) groups excluding carboxylic acids is 1. The SMILES string of the molecule is CCCCCC(O)C=CC1C(C#N)CC(=O)C1CC=CCCCC(=O)O. The lowest BCUT2D eigenvalue weighted by molar-refractivity contribution is -0.137. The molecule has 0 heterocycles. The first-order valence-electron chi connectivity index (χ1n) is 9.65. The number of hydrogen-bond acceptors (Lipinski definition) is 4. The highest BCUT2D eigenvalue weighted by molar-refractivity contribution is 5.85. The second-order valence-electron chi connectivity index (χ2n) is 7.03. The van der Waals surface area contributed by atoms with Crippen LogP contribution in [0.2, 0.25) is 0 Å². The lowest BCUT2D eigenvalue weighted by Gasteiger charge is -2.16. The van der Waals surface area contributed by atoms with Crippen molar-refractivity contribution in [3.63, 3.8) is 0 Å². The highest BCUT2D eigenvalue weighted by Gasteiger charge is 2.40. The van der Waals surface area contributed by atoms with Gasteiger partial charge in [0.2, 0.25) is 0 Å². The predicted octanol–water partition coefficient (Wildman–Crippen LogP) is 4.03. The molecule has 1 fully saturated rings. The summed E-state index contributed by atoms with van der Waals surface area (Å²) < 4.78 is 0. The number of carboxylic acids is 1. The van der Waals surface area contributed by atoms with Crippen molar-refractivity contribution in [1.82, 2.24) is 0 Å². The number of nitriles is 1. The van der Waals surface area contributed by atoms with E-state index in [-0.39, 0.29) is 36.4 Å². The van der Waals surface area contributed by atoms with Crippen molar-refractivity contribution in [3.8, 4) is 6.07 Å². The van der Waals surface area contributed by atoms with Gasteiger partial charge in [-0.15, -0.1) is 0 Å². The van der Waals surface area contributed by atoms with E-state index in [0.29, 0.717) is 25.7 Å². The Hall–Kier alpha value is -1.93. The van der Waals surface area contributed by atoms with Crippen LogP contribution >= 0.6 is 0 Å². The number of allylic oxidation sites excluding steroid dienone is 3. The number of rotatable bonds is 12. The maximum absolute atomic E-state index is 12.3. The number of carboxylic acid groups (broad SMARTS) is 1. The number of ketones is 1. The first kappa shape index (κ1) is 22.1. The van der Waals surface area contributed by atoms with Crippen molar-refractivity contribution < 1.29 is 19.8 Å². The number of Topliss-reactive ketones (excluding diaryl/α,β-unsaturated/α-hetero) is 1. The third-order valence-corrected chi connectivity index (χ3v) is 4.91. The minimum Gasteiger partial charge on any atom is -0.481 e. The van der Waals surface area contributed by atoms with Crippen LogP contribution in [-0.4, -0.2) is 28.1 Å². The van der Waals surface area contributed by atoms with Crippen molar-refractivity contribution in [1.29, 1.82) is 5.26 Å². The van der Waals surface area contributed by atoms with Gasteiger partial charge in [-0.25, -0.2) is 0 Å². The molecule has 5 nitrogen and oxygen atoms in total. The highest BCUT2D eigenvalue weighted by Crippen LogP contribution is 2.37. The van der Waals surface area contributed by atoms with Crippen LogP contribution < -0.4 is 0 Å². The van der Waals surface area contributed by atoms with Crippen LogP contribution in [0, 0.1) is 29.1 Å². The molecule has 0 radical (unpaired) electrons. The number of aliphatic hydroxyl groups excluding tert-OH is 1. The molecule has 1 rings (SSSR count). The molecule has 0 aliphatic heterocycles. The minimum atomic E-state index is -0.802. The monoisotopic (exact) mass is 361 g/mol. The fourth-order valence-corrected chi connectivity index (χ4v) is 3.38. The molecule has 1 aliphatic rings. The van der Waals surface area contributed by atoms with Gasteiger partial charge in [-0.05, 0) is 25.7 Å². The Morgan fingerprint density at radius 1 is 1.35 bits per heavy atom. The highest BCUT2D eigenvalue weighted by atomic mass is 16.4. The van der Waals surface area contributed by atoms with E-state index in [2.05, 4.69) is 13.0 Å². The van der Waals surface area contributed by atoms with E-state index in [1.807, 2.05) is 18.2 Å². The van der Waals surface area contributed by atoms with E-state index in [0.717, 1.165) is 19.3 Å². The third kappa shape index (κ3) is 7.97. The van der Waals surface area contributed by atoms with Gasteiger partial charge in [-0.1, -0.05) is 50.5 Å². The first-order chi connectivity index (χ1) is 12.5. The fraction of sp³-hybridized carbons (Fsp3) is 0.667. The van der Waals surface area contributed by atoms with Gasteiger partial charge < -0.3 is 10.2 Å². The maximum Gasteiger partial charge on any atom is 0.303 e. The lowest BCUT2D eigenvalue weighted by Crippen LogP contribution is -2.15. The quantitative estimate of drug-likeness (QED) is 0.404. The standard InChI is InChI=1S/C21H31NO4/c1-2-3-6-9-17(23)12-13-18-16(15-22)14-20(24)19(18)10-7-4-5-8-11-21(25)26/h4,7,12-13,16-19,23H,2-3,5-6,8-11,14H2,1H3,(H,25,26). The minimum absolute atomic E-state index is 0.0989. The molecule has 0 spiro atoms. The van der Waals surface area contributed by atoms with Crippen LogP contribution in [0.3, 0.4) is 0 Å². The molecule has 0 aromatic heterocycles. The van der Waals surface area contributed by atoms with Gasteiger partial charge >= 0.3 is 5.97 Å². The van der Waals surface area contributed by atoms with Gasteiger partial charge in [0.25, 0.3) is 0 Å². The smallest absolute Gasteiger partial charge is 0.303 e. The van der Waals surface area contributed by atoms with E-state index in [1.165, 1.54) is 0 Å². The van der Waals surface area contributed by atoms with Crippen LogP contribution in [0.5, 0.6) is 0 Å². The summed E-state index contributed by atoms with van der Waals surface area (Å²) in [4.78, 5) is 22.7. The Kier molecular flexibility index (Phi) is 10.6. The summed E-state index contributed by atoms with van der Waals surface area (Å²) in [6.07, 6.45) is 13.0. The second kappa shape index (κ2) is 12.4. The molecule has 1 aliphatic carbocycles. The Labute approximate surface area is 156 Å². The second-order valence-corrected chi connectivity index (χ2v) is 7.03. The van der Waals surface area contributed by atoms with Gasteiger partial charge in [-0.3, -0.25) is 9.59 Å². The summed E-state index contributed by atoms with van der Waals surface area (Å²) in [5, 5.41) is 28.0. The van der Waals surface area contributed by atoms with Crippen LogP contribution in [0.15, 0.2) is 24.3 Å². The van der Waals surface area contributed by atoms with Gasteiger partial charge in [0.15, 0.2) is 0 Å². The Morgan fingerprint density at radius 3 is 2.77 bits per heavy atom. The van der Waals surface area contributed by atoms with E-state index in [4.69, 9.17) is 5.11 Å². The first-order valence-corrected chi connectivity index (χ1v) is 9.65. The molecule has 144 valence electrons. The van der Waals surface area contributed by atoms with E-state index in [1.54, 1.807) is 6.08 Å². The molecule has 4 unspecified atom stereocenters. The summed E-state index contributed by atoms with van der Waals surface area (Å²) in [7, 11) is 0. The van der Waals surface area contributed by atoms with Crippen LogP contribution in [-0.2, 0) is 9.59 Å². The Balaban J connectivity index is 2.58. The van der Waals surface area contributed by atoms with Gasteiger partial charge in [0.1, 0.15) is 5.78 Å². The number of hydrogen-bond donors (Lipinski definition) is 2. The molecule has 0 saturated heterocycles. The van der Waals surface area contributed by atoms with Gasteiger partial charge in [0.05, 0.1) is 18.1 Å². The summed E-state index contributed by atoms with van der Waals surface area (Å²) in [5.41, 5.74) is 0. The van der Waals surface area contributed by atoms with Crippen LogP contribution in [0.4, 0.5) is 0 Å². The van der Waals surface area contributed by atoms with E-state index >= 15 is 0 Å². The summed E-state index contributed by atoms with van der Waals surface area (Å²) in [6, 6.07) is 2.23. The summed E-state index contributed by atoms with van der Waals surface area (Å²) in [6.45, 7) is 2.11. The van der Waals surface area contributed by atoms with Crippen molar-refractivity contribution >= 4 is 11.8 Å². The zero-order valence-corrected chi connectivity index (χ0v) is 15.6. The molecule has 2 N–H and O–H groups in total. The molecular weight excluding hydrogens is 330 g/mol. The van der Waals surface area contributed by atoms with E-state index in [9.17, 15) is 20.0 Å². The number of unbranched alkanes of at least 4 members (excludes halogenated alkanes) is 3. The lowest BCUT2D eigenvalue weighted by atomic mass is 9.86. The normalized spacial score (nSPS) is 24.3. The molecule has 0 aromatic carbocycles. The van der Waals surface area contributed by atoms with E-state index < -0.39 is 12.1 Å². The number of aliphatic hydroxyl groups is 1. The number of nitrogens with zero attached hydrogens (tertiary/aromatic N) is 1. The zero-order chi connectivity index (χ0) is 19.4. The van der Waals surface area contributed by atoms with Crippen molar-refractivity contribution in [2.45, 2.75) is 70.8 Å². The molecule has 0 aromatic rings. The van der Waals surface area contributed by atoms with Crippen LogP contribution in [0.25, 0.3) is 0 Å². The Bertz CT molecular complexity index is 547. The van der Waals surface area contributed by atoms with Gasteiger partial charge in [0, 0.05) is 24.7 Å². The molecule has 0 amide bonds. The van der Waals surface area contributed by atoms with Crippen molar-refractivity contribution in [3.05, 3.63) is 24.3 Å². The number of carbonyl (C=O) groups is 2. The van der Waals surface area contributed by atoms with Gasteiger partial charge in [-0.2, -0.15) is 5.26 Å². The molecule has 5 heteroatoms. The zero-order valence-electron chi connectivity index (χ0n) is 15.6. The largest absolute Gasteiger partial charge is 0.481 e. The van der Waals surface area contributed by atoms with Crippen molar-refractivity contribution in [2.24, 2.45) is 17.8 Å². The topological polar surface area (TPSA) is 98.4 Å². The summed E-state index contributed by atoms with van der Waals surface area (Å²) in [5.74, 6) is -1.41. The average molecular weight is 361 g/mol. The summed E-state index contributed by atoms with van der Waals surface area (Å²) >= 11 is 0. The molecule has 4 atom stereocenters. The third-order valence-electron chi connectivity index (χ3n) is 4.91.